The highest BCUT2D eigenvalue weighted by Crippen LogP contribution is 2.32. The standard InChI is InChI=1S/C18H19NOS/c1-13(20)14-2-4-15(5-3-14)18(17-8-11-21-12-17)16-6-9-19-10-7-16/h2-5,8,11-12,19H,6-7,9-10H2,1H3. The summed E-state index contributed by atoms with van der Waals surface area (Å²) in [7, 11) is 0. The van der Waals surface area contributed by atoms with Crippen LogP contribution < -0.4 is 5.32 Å². The van der Waals surface area contributed by atoms with Crippen LogP contribution in [-0.4, -0.2) is 18.9 Å². The van der Waals surface area contributed by atoms with E-state index in [1.165, 1.54) is 22.3 Å². The average Bonchev–Trinajstić information content (AvgIpc) is 3.03. The summed E-state index contributed by atoms with van der Waals surface area (Å²) < 4.78 is 0. The van der Waals surface area contributed by atoms with E-state index in [0.29, 0.717) is 0 Å². The van der Waals surface area contributed by atoms with Gasteiger partial charge in [0, 0.05) is 5.56 Å². The molecule has 1 aromatic heterocycles. The monoisotopic (exact) mass is 297 g/mol. The van der Waals surface area contributed by atoms with E-state index in [1.54, 1.807) is 18.3 Å². The lowest BCUT2D eigenvalue weighted by molar-refractivity contribution is 0.101. The first-order chi connectivity index (χ1) is 10.3. The Labute approximate surface area is 129 Å². The van der Waals surface area contributed by atoms with Crippen LogP contribution in [0.5, 0.6) is 0 Å². The van der Waals surface area contributed by atoms with Crippen LogP contribution in [0.15, 0.2) is 46.7 Å². The van der Waals surface area contributed by atoms with E-state index >= 15 is 0 Å². The highest BCUT2D eigenvalue weighted by molar-refractivity contribution is 7.08. The number of benzene rings is 1. The summed E-state index contributed by atoms with van der Waals surface area (Å²) in [6, 6.07) is 10.2. The lowest BCUT2D eigenvalue weighted by Gasteiger charge is -2.20. The summed E-state index contributed by atoms with van der Waals surface area (Å²) in [5, 5.41) is 7.75. The maximum absolute atomic E-state index is 11.4. The van der Waals surface area contributed by atoms with Crippen LogP contribution in [0.4, 0.5) is 0 Å². The van der Waals surface area contributed by atoms with Crippen LogP contribution >= 0.6 is 11.3 Å². The number of hydrogen-bond donors (Lipinski definition) is 1. The number of hydrogen-bond acceptors (Lipinski definition) is 3. The van der Waals surface area contributed by atoms with Crippen molar-refractivity contribution in [2.24, 2.45) is 0 Å². The predicted octanol–water partition coefficient (Wildman–Crippen LogP) is 4.14. The molecule has 0 aliphatic carbocycles. The molecule has 0 unspecified atom stereocenters. The number of piperidine rings is 1. The van der Waals surface area contributed by atoms with Crippen molar-refractivity contribution < 1.29 is 4.79 Å². The minimum atomic E-state index is 0.119. The van der Waals surface area contributed by atoms with Gasteiger partial charge >= 0.3 is 0 Å². The molecule has 0 radical (unpaired) electrons. The summed E-state index contributed by atoms with van der Waals surface area (Å²) in [5.41, 5.74) is 6.16. The van der Waals surface area contributed by atoms with Gasteiger partial charge in [0.1, 0.15) is 0 Å². The van der Waals surface area contributed by atoms with Gasteiger partial charge in [-0.1, -0.05) is 29.8 Å². The number of thiophene rings is 1. The first-order valence-corrected chi connectivity index (χ1v) is 8.26. The summed E-state index contributed by atoms with van der Waals surface area (Å²) in [5.74, 6) is 0.119. The Morgan fingerprint density at radius 1 is 1.00 bits per heavy atom. The molecule has 0 saturated carbocycles. The van der Waals surface area contributed by atoms with Crippen LogP contribution in [0, 0.1) is 0 Å². The van der Waals surface area contributed by atoms with E-state index in [9.17, 15) is 4.79 Å². The van der Waals surface area contributed by atoms with Crippen molar-refractivity contribution in [3.8, 4) is 0 Å². The Hall–Kier alpha value is -1.71. The zero-order valence-corrected chi connectivity index (χ0v) is 13.0. The lowest BCUT2D eigenvalue weighted by Crippen LogP contribution is -2.23. The Kier molecular flexibility index (Phi) is 4.32. The van der Waals surface area contributed by atoms with Crippen molar-refractivity contribution >= 4 is 22.7 Å². The molecule has 0 amide bonds. The molecule has 2 nitrogen and oxygen atoms in total. The van der Waals surface area contributed by atoms with Gasteiger partial charge in [0.25, 0.3) is 0 Å². The zero-order valence-electron chi connectivity index (χ0n) is 12.2. The zero-order chi connectivity index (χ0) is 14.7. The van der Waals surface area contributed by atoms with E-state index in [-0.39, 0.29) is 5.78 Å². The van der Waals surface area contributed by atoms with E-state index in [0.717, 1.165) is 31.5 Å². The van der Waals surface area contributed by atoms with Crippen LogP contribution in [-0.2, 0) is 0 Å². The Morgan fingerprint density at radius 3 is 2.24 bits per heavy atom. The van der Waals surface area contributed by atoms with Crippen LogP contribution in [0.25, 0.3) is 5.57 Å². The fraction of sp³-hybridized carbons (Fsp3) is 0.278. The summed E-state index contributed by atoms with van der Waals surface area (Å²) >= 11 is 1.73. The van der Waals surface area contributed by atoms with Gasteiger partial charge in [-0.25, -0.2) is 0 Å². The third-order valence-corrected chi connectivity index (χ3v) is 4.63. The fourth-order valence-electron chi connectivity index (χ4n) is 2.83. The van der Waals surface area contributed by atoms with Crippen LogP contribution in [0.3, 0.4) is 0 Å². The van der Waals surface area contributed by atoms with E-state index in [1.807, 2.05) is 12.1 Å². The van der Waals surface area contributed by atoms with Gasteiger partial charge in [0.05, 0.1) is 0 Å². The first kappa shape index (κ1) is 14.2. The molecule has 21 heavy (non-hydrogen) atoms. The van der Waals surface area contributed by atoms with Gasteiger partial charge in [-0.15, -0.1) is 0 Å². The molecule has 3 heteroatoms. The maximum atomic E-state index is 11.4. The SMILES string of the molecule is CC(=O)c1ccc(C(=C2CCNCC2)c2ccsc2)cc1. The van der Waals surface area contributed by atoms with Crippen molar-refractivity contribution in [2.45, 2.75) is 19.8 Å². The molecule has 1 aromatic carbocycles. The van der Waals surface area contributed by atoms with E-state index < -0.39 is 0 Å². The molecule has 2 heterocycles. The lowest BCUT2D eigenvalue weighted by atomic mass is 9.89. The van der Waals surface area contributed by atoms with Gasteiger partial charge in [0.2, 0.25) is 0 Å². The molecule has 1 aliphatic rings. The van der Waals surface area contributed by atoms with E-state index in [4.69, 9.17) is 0 Å². The van der Waals surface area contributed by atoms with Gasteiger partial charge < -0.3 is 5.32 Å². The van der Waals surface area contributed by atoms with Crippen molar-refractivity contribution in [3.63, 3.8) is 0 Å². The van der Waals surface area contributed by atoms with Crippen molar-refractivity contribution in [1.29, 1.82) is 0 Å². The molecule has 2 aromatic rings. The molecule has 3 rings (SSSR count). The normalized spacial score (nSPS) is 15.0. The first-order valence-electron chi connectivity index (χ1n) is 7.32. The van der Waals surface area contributed by atoms with Gasteiger partial charge in [0.15, 0.2) is 5.78 Å². The molecule has 0 spiro atoms. The fourth-order valence-corrected chi connectivity index (χ4v) is 3.48. The third-order valence-electron chi connectivity index (χ3n) is 3.95. The molecular weight excluding hydrogens is 278 g/mol. The number of nitrogens with one attached hydrogen (secondary N) is 1. The van der Waals surface area contributed by atoms with E-state index in [2.05, 4.69) is 34.3 Å². The van der Waals surface area contributed by atoms with Crippen molar-refractivity contribution in [1.82, 2.24) is 5.32 Å². The molecular formula is C18H19NOS. The number of carbonyl (C=O) groups is 1. The number of Topliss-reactive ketones (excluding diaryl/α,β-unsaturated/α-hetero) is 1. The second-order valence-electron chi connectivity index (χ2n) is 5.37. The van der Waals surface area contributed by atoms with Gasteiger partial charge in [-0.3, -0.25) is 4.79 Å². The number of ketones is 1. The molecule has 1 N–H and O–H groups in total. The van der Waals surface area contributed by atoms with Crippen LogP contribution in [0.1, 0.15) is 41.3 Å². The Bertz CT molecular complexity index is 645. The molecule has 0 bridgehead atoms. The Balaban J connectivity index is 2.05. The van der Waals surface area contributed by atoms with Crippen LogP contribution in [0.2, 0.25) is 0 Å². The second kappa shape index (κ2) is 6.37. The smallest absolute Gasteiger partial charge is 0.159 e. The van der Waals surface area contributed by atoms with Gasteiger partial charge in [-0.05, 0) is 66.4 Å². The summed E-state index contributed by atoms with van der Waals surface area (Å²) in [6.45, 7) is 3.71. The number of rotatable bonds is 3. The van der Waals surface area contributed by atoms with Crippen molar-refractivity contribution in [2.75, 3.05) is 13.1 Å². The predicted molar refractivity (Wildman–Crippen MR) is 88.9 cm³/mol. The molecule has 108 valence electrons. The topological polar surface area (TPSA) is 29.1 Å². The minimum absolute atomic E-state index is 0.119. The molecule has 1 fully saturated rings. The molecule has 1 aliphatic heterocycles. The molecule has 0 atom stereocenters. The number of carbonyl (C=O) groups excluding carboxylic acids is 1. The summed E-state index contributed by atoms with van der Waals surface area (Å²) in [6.07, 6.45) is 2.19. The minimum Gasteiger partial charge on any atom is -0.316 e. The van der Waals surface area contributed by atoms with Crippen molar-refractivity contribution in [3.05, 3.63) is 63.4 Å². The third kappa shape index (κ3) is 3.14. The molecule has 1 saturated heterocycles. The second-order valence-corrected chi connectivity index (χ2v) is 6.15. The Morgan fingerprint density at radius 2 is 1.67 bits per heavy atom. The highest BCUT2D eigenvalue weighted by atomic mass is 32.1. The largest absolute Gasteiger partial charge is 0.316 e. The maximum Gasteiger partial charge on any atom is 0.159 e. The highest BCUT2D eigenvalue weighted by Gasteiger charge is 2.15. The average molecular weight is 297 g/mol. The van der Waals surface area contributed by atoms with Gasteiger partial charge in [-0.2, -0.15) is 11.3 Å². The summed E-state index contributed by atoms with van der Waals surface area (Å²) in [4.78, 5) is 11.4. The quantitative estimate of drug-likeness (QED) is 0.863.